The average Bonchev–Trinajstić information content (AvgIpc) is 3.44. The number of anilines is 1. The first kappa shape index (κ1) is 18.5. The quantitative estimate of drug-likeness (QED) is 0.688. The van der Waals surface area contributed by atoms with Crippen LogP contribution in [0.4, 0.5) is 5.69 Å². The molecular weight excluding hydrogens is 334 g/mol. The maximum Gasteiger partial charge on any atom is 0.258 e. The Kier molecular flexibility index (Phi) is 5.98. The van der Waals surface area contributed by atoms with Gasteiger partial charge in [0.25, 0.3) is 5.91 Å². The highest BCUT2D eigenvalue weighted by molar-refractivity contribution is 5.93. The summed E-state index contributed by atoms with van der Waals surface area (Å²) in [5.74, 6) is 0.836. The Morgan fingerprint density at radius 1 is 1.23 bits per heavy atom. The summed E-state index contributed by atoms with van der Waals surface area (Å²) in [5, 5.41) is 9.17. The first-order chi connectivity index (χ1) is 12.5. The van der Waals surface area contributed by atoms with Crippen LogP contribution >= 0.6 is 0 Å². The minimum Gasteiger partial charge on any atom is -0.493 e. The summed E-state index contributed by atoms with van der Waals surface area (Å²) in [7, 11) is 1.54. The molecule has 1 heterocycles. The van der Waals surface area contributed by atoms with Crippen molar-refractivity contribution in [2.24, 2.45) is 5.92 Å². The Hall–Kier alpha value is -2.28. The maximum atomic E-state index is 12.5. The lowest BCUT2D eigenvalue weighted by Crippen LogP contribution is -2.40. The van der Waals surface area contributed by atoms with E-state index in [0.29, 0.717) is 29.3 Å². The lowest BCUT2D eigenvalue weighted by Gasteiger charge is -2.27. The van der Waals surface area contributed by atoms with Gasteiger partial charge in [-0.25, -0.2) is 0 Å². The Morgan fingerprint density at radius 2 is 2.04 bits per heavy atom. The van der Waals surface area contributed by atoms with Crippen LogP contribution in [-0.4, -0.2) is 44.2 Å². The normalized spacial score (nSPS) is 22.4. The lowest BCUT2D eigenvalue weighted by atomic mass is 9.92. The largest absolute Gasteiger partial charge is 0.493 e. The fourth-order valence-corrected chi connectivity index (χ4v) is 3.12. The highest BCUT2D eigenvalue weighted by atomic mass is 16.5. The van der Waals surface area contributed by atoms with Crippen LogP contribution in [0.15, 0.2) is 18.2 Å². The van der Waals surface area contributed by atoms with E-state index in [4.69, 9.17) is 9.47 Å². The third-order valence-corrected chi connectivity index (χ3v) is 4.73. The second-order valence-electron chi connectivity index (χ2n) is 7.06. The second-order valence-corrected chi connectivity index (χ2v) is 7.06. The van der Waals surface area contributed by atoms with Gasteiger partial charge in [-0.1, -0.05) is 0 Å². The number of carbonyl (C=O) groups is 2. The Labute approximate surface area is 153 Å². The zero-order chi connectivity index (χ0) is 18.5. The molecule has 2 atom stereocenters. The van der Waals surface area contributed by atoms with Gasteiger partial charge in [-0.3, -0.25) is 9.59 Å². The van der Waals surface area contributed by atoms with Gasteiger partial charge >= 0.3 is 0 Å². The smallest absolute Gasteiger partial charge is 0.258 e. The number of benzene rings is 1. The molecule has 1 aliphatic heterocycles. The van der Waals surface area contributed by atoms with E-state index in [2.05, 4.69) is 22.9 Å². The summed E-state index contributed by atoms with van der Waals surface area (Å²) < 4.78 is 10.9. The van der Waals surface area contributed by atoms with E-state index in [-0.39, 0.29) is 24.3 Å². The Balaban J connectivity index is 1.60. The zero-order valence-electron chi connectivity index (χ0n) is 15.3. The molecule has 1 aromatic rings. The van der Waals surface area contributed by atoms with E-state index in [9.17, 15) is 9.59 Å². The number of hydrogen-bond acceptors (Lipinski definition) is 5. The predicted octanol–water partition coefficient (Wildman–Crippen LogP) is 1.68. The maximum absolute atomic E-state index is 12.5. The van der Waals surface area contributed by atoms with Gasteiger partial charge in [0.2, 0.25) is 5.91 Å². The van der Waals surface area contributed by atoms with Crippen LogP contribution < -0.4 is 25.4 Å². The molecule has 2 aliphatic rings. The molecular formula is C19H27N3O4. The molecule has 2 amide bonds. The van der Waals surface area contributed by atoms with Crippen molar-refractivity contribution in [3.8, 4) is 11.5 Å². The van der Waals surface area contributed by atoms with Crippen molar-refractivity contribution in [3.05, 3.63) is 18.2 Å². The number of ether oxygens (including phenoxy) is 2. The molecule has 1 aromatic carbocycles. The minimum absolute atomic E-state index is 0.00189. The van der Waals surface area contributed by atoms with Crippen molar-refractivity contribution in [1.82, 2.24) is 10.6 Å². The minimum atomic E-state index is -0.146. The number of carbonyl (C=O) groups excluding carboxylic acids is 2. The summed E-state index contributed by atoms with van der Waals surface area (Å²) in [5.41, 5.74) is 0.639. The van der Waals surface area contributed by atoms with Gasteiger partial charge in [0, 0.05) is 29.8 Å². The van der Waals surface area contributed by atoms with Crippen molar-refractivity contribution in [1.29, 1.82) is 0 Å². The zero-order valence-corrected chi connectivity index (χ0v) is 15.3. The molecule has 0 unspecified atom stereocenters. The first-order valence-electron chi connectivity index (χ1n) is 9.19. The van der Waals surface area contributed by atoms with Crippen LogP contribution in [0.1, 0.15) is 32.6 Å². The van der Waals surface area contributed by atoms with Gasteiger partial charge in [-0.2, -0.15) is 0 Å². The predicted molar refractivity (Wildman–Crippen MR) is 98.5 cm³/mol. The first-order valence-corrected chi connectivity index (χ1v) is 9.19. The molecule has 1 aliphatic carbocycles. The van der Waals surface area contributed by atoms with Crippen LogP contribution in [0.3, 0.4) is 0 Å². The van der Waals surface area contributed by atoms with Crippen molar-refractivity contribution in [2.75, 3.05) is 25.6 Å². The fraction of sp³-hybridized carbons (Fsp3) is 0.579. The number of piperidine rings is 1. The van der Waals surface area contributed by atoms with E-state index in [1.165, 1.54) is 0 Å². The van der Waals surface area contributed by atoms with Gasteiger partial charge in [0.05, 0.1) is 7.11 Å². The van der Waals surface area contributed by atoms with Crippen LogP contribution in [0.25, 0.3) is 0 Å². The topological polar surface area (TPSA) is 88.7 Å². The Morgan fingerprint density at radius 3 is 2.73 bits per heavy atom. The molecule has 26 heavy (non-hydrogen) atoms. The van der Waals surface area contributed by atoms with Gasteiger partial charge in [0.1, 0.15) is 0 Å². The highest BCUT2D eigenvalue weighted by Crippen LogP contribution is 2.31. The van der Waals surface area contributed by atoms with Gasteiger partial charge in [-0.15, -0.1) is 0 Å². The van der Waals surface area contributed by atoms with Gasteiger partial charge in [-0.05, 0) is 51.3 Å². The number of hydrogen-bond donors (Lipinski definition) is 3. The van der Waals surface area contributed by atoms with E-state index in [1.54, 1.807) is 25.3 Å². The van der Waals surface area contributed by atoms with Crippen LogP contribution in [0.2, 0.25) is 0 Å². The molecule has 0 radical (unpaired) electrons. The summed E-state index contributed by atoms with van der Waals surface area (Å²) in [6, 6.07) is 5.85. The molecule has 0 spiro atoms. The monoisotopic (exact) mass is 361 g/mol. The lowest BCUT2D eigenvalue weighted by molar-refractivity contribution is -0.123. The van der Waals surface area contributed by atoms with Crippen molar-refractivity contribution < 1.29 is 19.1 Å². The van der Waals surface area contributed by atoms with Crippen molar-refractivity contribution in [2.45, 2.75) is 44.7 Å². The van der Waals surface area contributed by atoms with Crippen LogP contribution in [-0.2, 0) is 9.59 Å². The van der Waals surface area contributed by atoms with E-state index < -0.39 is 0 Å². The van der Waals surface area contributed by atoms with Crippen LogP contribution in [0.5, 0.6) is 11.5 Å². The van der Waals surface area contributed by atoms with E-state index in [1.807, 2.05) is 0 Å². The summed E-state index contributed by atoms with van der Waals surface area (Å²) in [4.78, 5) is 24.3. The van der Waals surface area contributed by atoms with E-state index >= 15 is 0 Å². The second kappa shape index (κ2) is 8.40. The molecule has 3 rings (SSSR count). The molecule has 1 saturated carbocycles. The molecule has 0 bridgehead atoms. The van der Waals surface area contributed by atoms with Gasteiger partial charge in [0.15, 0.2) is 18.1 Å². The third kappa shape index (κ3) is 5.11. The standard InChI is InChI=1S/C19H27N3O4/c1-12-9-13(7-8-20-12)19(24)22-15-5-6-16(25-2)17(10-15)26-11-18(23)21-14-3-4-14/h5-6,10,12-14,20H,3-4,7-9,11H2,1-2H3,(H,21,23)(H,22,24)/t12-,13-/m0/s1. The number of rotatable bonds is 7. The molecule has 2 fully saturated rings. The molecule has 7 heteroatoms. The van der Waals surface area contributed by atoms with Crippen molar-refractivity contribution >= 4 is 17.5 Å². The molecule has 3 N–H and O–H groups in total. The molecule has 1 saturated heterocycles. The van der Waals surface area contributed by atoms with Gasteiger partial charge < -0.3 is 25.4 Å². The van der Waals surface area contributed by atoms with Crippen molar-refractivity contribution in [3.63, 3.8) is 0 Å². The average molecular weight is 361 g/mol. The van der Waals surface area contributed by atoms with E-state index in [0.717, 1.165) is 32.2 Å². The summed E-state index contributed by atoms with van der Waals surface area (Å²) >= 11 is 0. The Bertz CT molecular complexity index is 660. The number of methoxy groups -OCH3 is 1. The molecule has 7 nitrogen and oxygen atoms in total. The number of amides is 2. The third-order valence-electron chi connectivity index (χ3n) is 4.73. The number of nitrogens with one attached hydrogen (secondary N) is 3. The highest BCUT2D eigenvalue weighted by Gasteiger charge is 2.25. The molecule has 0 aromatic heterocycles. The van der Waals surface area contributed by atoms with Crippen LogP contribution in [0, 0.1) is 5.92 Å². The summed E-state index contributed by atoms with van der Waals surface area (Å²) in [6.07, 6.45) is 3.72. The molecule has 142 valence electrons. The fourth-order valence-electron chi connectivity index (χ4n) is 3.12. The SMILES string of the molecule is COc1ccc(NC(=O)[C@H]2CCN[C@@H](C)C2)cc1OCC(=O)NC1CC1. The summed E-state index contributed by atoms with van der Waals surface area (Å²) in [6.45, 7) is 2.87.